The highest BCUT2D eigenvalue weighted by molar-refractivity contribution is 6.05. The van der Waals surface area contributed by atoms with Gasteiger partial charge in [0.2, 0.25) is 0 Å². The minimum absolute atomic E-state index is 0.0233. The van der Waals surface area contributed by atoms with Crippen LogP contribution in [0.25, 0.3) is 21.9 Å². The lowest BCUT2D eigenvalue weighted by Crippen LogP contribution is -2.27. The number of hydrogen-bond acceptors (Lipinski definition) is 2. The molecule has 0 amide bonds. The Hall–Kier alpha value is -2.90. The summed E-state index contributed by atoms with van der Waals surface area (Å²) < 4.78 is 83.2. The molecular weight excluding hydrogens is 458 g/mol. The van der Waals surface area contributed by atoms with Crippen molar-refractivity contribution in [1.82, 2.24) is 0 Å². The van der Waals surface area contributed by atoms with Gasteiger partial charge in [-0.25, -0.2) is 0 Å². The molecule has 0 unspecified atom stereocenters. The third-order valence-corrected chi connectivity index (χ3v) is 6.68. The maximum Gasteiger partial charge on any atom is 0.389 e. The van der Waals surface area contributed by atoms with Crippen molar-refractivity contribution >= 4 is 10.8 Å². The van der Waals surface area contributed by atoms with E-state index in [-0.39, 0.29) is 31.4 Å². The summed E-state index contributed by atoms with van der Waals surface area (Å²) in [7, 11) is 1.49. The van der Waals surface area contributed by atoms with E-state index in [1.54, 1.807) is 36.4 Å². The van der Waals surface area contributed by atoms with Gasteiger partial charge in [-0.2, -0.15) is 26.3 Å². The monoisotopic (exact) mass is 482 g/mol. The zero-order chi connectivity index (χ0) is 24.7. The largest absolute Gasteiger partial charge is 0.507 e. The molecule has 182 valence electrons. The van der Waals surface area contributed by atoms with Crippen molar-refractivity contribution in [2.75, 3.05) is 7.11 Å². The number of phenolic OH excluding ortho intramolecular Hbond substituents is 1. The van der Waals surface area contributed by atoms with Crippen LogP contribution in [0.2, 0.25) is 0 Å². The number of hydrogen-bond donors (Lipinski definition) is 1. The number of methoxy groups -OCH3 is 1. The molecule has 0 aliphatic heterocycles. The van der Waals surface area contributed by atoms with Crippen LogP contribution in [0.3, 0.4) is 0 Å². The van der Waals surface area contributed by atoms with Crippen molar-refractivity contribution in [1.29, 1.82) is 0 Å². The van der Waals surface area contributed by atoms with Crippen LogP contribution in [-0.4, -0.2) is 24.6 Å². The van der Waals surface area contributed by atoms with Crippen LogP contribution in [0.1, 0.15) is 49.7 Å². The first-order valence-corrected chi connectivity index (χ1v) is 11.0. The summed E-state index contributed by atoms with van der Waals surface area (Å²) >= 11 is 0. The summed E-state index contributed by atoms with van der Waals surface area (Å²) in [6.45, 7) is 0. The summed E-state index contributed by atoms with van der Waals surface area (Å²) in [4.78, 5) is 0. The van der Waals surface area contributed by atoms with Crippen LogP contribution in [0.5, 0.6) is 11.5 Å². The van der Waals surface area contributed by atoms with Crippen molar-refractivity contribution in [2.24, 2.45) is 0 Å². The van der Waals surface area contributed by atoms with Gasteiger partial charge in [-0.1, -0.05) is 24.3 Å². The summed E-state index contributed by atoms with van der Waals surface area (Å²) in [5.74, 6) is 0.437. The first-order chi connectivity index (χ1) is 16.0. The number of alkyl halides is 6. The molecule has 0 spiro atoms. The second-order valence-corrected chi connectivity index (χ2v) is 8.79. The first kappa shape index (κ1) is 24.2. The van der Waals surface area contributed by atoms with Crippen molar-refractivity contribution in [3.8, 4) is 22.6 Å². The smallest absolute Gasteiger partial charge is 0.389 e. The van der Waals surface area contributed by atoms with Gasteiger partial charge in [-0.05, 0) is 77.6 Å². The van der Waals surface area contributed by atoms with E-state index in [1.165, 1.54) is 13.2 Å². The highest BCUT2D eigenvalue weighted by Crippen LogP contribution is 2.57. The predicted molar refractivity (Wildman–Crippen MR) is 118 cm³/mol. The molecule has 0 bridgehead atoms. The summed E-state index contributed by atoms with van der Waals surface area (Å²) in [5.41, 5.74) is 1.73. The number of aromatic hydroxyl groups is 1. The van der Waals surface area contributed by atoms with Gasteiger partial charge in [0.25, 0.3) is 0 Å². The molecule has 8 heteroatoms. The Labute approximate surface area is 193 Å². The fourth-order valence-electron chi connectivity index (χ4n) is 5.29. The Kier molecular flexibility index (Phi) is 6.21. The van der Waals surface area contributed by atoms with Gasteiger partial charge in [0, 0.05) is 23.6 Å². The highest BCUT2D eigenvalue weighted by atomic mass is 19.4. The molecule has 1 aliphatic rings. The van der Waals surface area contributed by atoms with Crippen LogP contribution in [0.15, 0.2) is 48.5 Å². The Morgan fingerprint density at radius 3 is 2.00 bits per heavy atom. The lowest BCUT2D eigenvalue weighted by atomic mass is 9.70. The lowest BCUT2D eigenvalue weighted by Gasteiger charge is -2.33. The average molecular weight is 482 g/mol. The van der Waals surface area contributed by atoms with Gasteiger partial charge in [0.1, 0.15) is 11.5 Å². The highest BCUT2D eigenvalue weighted by Gasteiger charge is 2.45. The van der Waals surface area contributed by atoms with E-state index in [0.29, 0.717) is 27.6 Å². The van der Waals surface area contributed by atoms with E-state index in [4.69, 9.17) is 4.74 Å². The molecule has 0 saturated heterocycles. The van der Waals surface area contributed by atoms with Crippen LogP contribution in [-0.2, 0) is 5.41 Å². The first-order valence-electron chi connectivity index (χ1n) is 11.0. The molecule has 1 N–H and O–H groups in total. The molecule has 3 aromatic rings. The molecule has 0 aromatic heterocycles. The molecule has 2 nitrogen and oxygen atoms in total. The molecule has 0 atom stereocenters. The maximum absolute atomic E-state index is 13.0. The summed E-state index contributed by atoms with van der Waals surface area (Å²) in [6, 6.07) is 13.8. The second kappa shape index (κ2) is 8.71. The number of ether oxygens (including phenoxy) is 1. The normalized spacial score (nSPS) is 14.8. The molecule has 3 aromatic carbocycles. The van der Waals surface area contributed by atoms with Gasteiger partial charge in [-0.15, -0.1) is 0 Å². The van der Waals surface area contributed by atoms with Crippen LogP contribution in [0, 0.1) is 0 Å². The molecule has 34 heavy (non-hydrogen) atoms. The van der Waals surface area contributed by atoms with E-state index < -0.39 is 30.6 Å². The van der Waals surface area contributed by atoms with E-state index in [9.17, 15) is 31.4 Å². The van der Waals surface area contributed by atoms with Crippen molar-refractivity contribution in [2.45, 2.75) is 56.3 Å². The Morgan fingerprint density at radius 2 is 1.41 bits per heavy atom. The molecule has 0 fully saturated rings. The number of rotatable bonds is 7. The molecule has 4 rings (SSSR count). The van der Waals surface area contributed by atoms with Gasteiger partial charge < -0.3 is 9.84 Å². The standard InChI is InChI=1S/C26H24F6O2/c1-34-16-8-9-17-19(14-16)22(33)15-21-23(17)18-6-2-3-7-20(18)24(21,10-4-12-25(27,28)29)11-5-13-26(30,31)32/h2-3,6-9,14-15,33H,4-5,10-13H2,1H3. The fraction of sp³-hybridized carbons (Fsp3) is 0.385. The predicted octanol–water partition coefficient (Wildman–Crippen LogP) is 8.29. The van der Waals surface area contributed by atoms with Crippen molar-refractivity contribution in [3.63, 3.8) is 0 Å². The van der Waals surface area contributed by atoms with Gasteiger partial charge >= 0.3 is 12.4 Å². The Morgan fingerprint density at radius 1 is 0.794 bits per heavy atom. The lowest BCUT2D eigenvalue weighted by molar-refractivity contribution is -0.136. The van der Waals surface area contributed by atoms with Gasteiger partial charge in [0.05, 0.1) is 7.11 Å². The van der Waals surface area contributed by atoms with E-state index in [2.05, 4.69) is 0 Å². The third-order valence-electron chi connectivity index (χ3n) is 6.68. The van der Waals surface area contributed by atoms with Gasteiger partial charge in [-0.3, -0.25) is 0 Å². The number of phenols is 1. The Bertz CT molecular complexity index is 1180. The second-order valence-electron chi connectivity index (χ2n) is 8.79. The van der Waals surface area contributed by atoms with Crippen molar-refractivity contribution in [3.05, 3.63) is 59.7 Å². The quantitative estimate of drug-likeness (QED) is 0.343. The number of halogens is 6. The minimum atomic E-state index is -4.36. The van der Waals surface area contributed by atoms with E-state index in [1.807, 2.05) is 6.07 Å². The van der Waals surface area contributed by atoms with Crippen LogP contribution in [0.4, 0.5) is 26.3 Å². The zero-order valence-corrected chi connectivity index (χ0v) is 18.5. The SMILES string of the molecule is COc1ccc2c3c(cc(O)c2c1)C(CCCC(F)(F)F)(CCCC(F)(F)F)c1ccccc1-3. The molecule has 0 heterocycles. The molecule has 0 radical (unpaired) electrons. The number of fused-ring (bicyclic) bond motifs is 5. The summed E-state index contributed by atoms with van der Waals surface area (Å²) in [6.07, 6.45) is -11.2. The van der Waals surface area contributed by atoms with Crippen LogP contribution >= 0.6 is 0 Å². The zero-order valence-electron chi connectivity index (χ0n) is 18.5. The Balaban J connectivity index is 1.91. The van der Waals surface area contributed by atoms with Crippen molar-refractivity contribution < 1.29 is 36.2 Å². The maximum atomic E-state index is 13.0. The summed E-state index contributed by atoms with van der Waals surface area (Å²) in [5, 5.41) is 12.0. The topological polar surface area (TPSA) is 29.5 Å². The van der Waals surface area contributed by atoms with E-state index in [0.717, 1.165) is 11.1 Å². The molecular formula is C26H24F6O2. The van der Waals surface area contributed by atoms with Crippen LogP contribution < -0.4 is 4.74 Å². The fourth-order valence-corrected chi connectivity index (χ4v) is 5.29. The molecule has 1 aliphatic carbocycles. The average Bonchev–Trinajstić information content (AvgIpc) is 3.02. The number of benzene rings is 3. The molecule has 0 saturated carbocycles. The minimum Gasteiger partial charge on any atom is -0.507 e. The van der Waals surface area contributed by atoms with Gasteiger partial charge in [0.15, 0.2) is 0 Å². The third kappa shape index (κ3) is 4.55. The van der Waals surface area contributed by atoms with E-state index >= 15 is 0 Å².